The molecule has 0 amide bonds. The van der Waals surface area contributed by atoms with Crippen molar-refractivity contribution < 1.29 is 9.26 Å². The number of aromatic nitrogens is 2. The molecule has 2 heterocycles. The molecule has 5 heteroatoms. The second-order valence-electron chi connectivity index (χ2n) is 6.07. The van der Waals surface area contributed by atoms with Crippen LogP contribution in [0.1, 0.15) is 68.7 Å². The van der Waals surface area contributed by atoms with Gasteiger partial charge in [0, 0.05) is 13.0 Å². The first-order valence-corrected chi connectivity index (χ1v) is 7.95. The second kappa shape index (κ2) is 6.68. The lowest BCUT2D eigenvalue weighted by Crippen LogP contribution is -2.26. The number of methoxy groups -OCH3 is 1. The lowest BCUT2D eigenvalue weighted by molar-refractivity contribution is 0.0273. The number of hydrogen-bond acceptors (Lipinski definition) is 5. The molecule has 1 aliphatic carbocycles. The van der Waals surface area contributed by atoms with E-state index in [1.54, 1.807) is 7.11 Å². The van der Waals surface area contributed by atoms with Crippen molar-refractivity contribution in [3.05, 3.63) is 11.7 Å². The van der Waals surface area contributed by atoms with E-state index < -0.39 is 0 Å². The number of piperidine rings is 1. The molecule has 1 aliphatic heterocycles. The fourth-order valence-corrected chi connectivity index (χ4v) is 3.54. The van der Waals surface area contributed by atoms with Crippen molar-refractivity contribution in [3.8, 4) is 0 Å². The summed E-state index contributed by atoms with van der Waals surface area (Å²) in [5, 5.41) is 7.57. The van der Waals surface area contributed by atoms with E-state index >= 15 is 0 Å². The zero-order chi connectivity index (χ0) is 13.8. The van der Waals surface area contributed by atoms with Gasteiger partial charge in [0.15, 0.2) is 0 Å². The molecular weight excluding hydrogens is 254 g/mol. The molecular formula is C15H25N3O2. The highest BCUT2D eigenvalue weighted by atomic mass is 16.5. The Labute approximate surface area is 120 Å². The fraction of sp³-hybridized carbons (Fsp3) is 0.867. The Bertz CT molecular complexity index is 409. The van der Waals surface area contributed by atoms with Crippen LogP contribution in [0.2, 0.25) is 0 Å². The molecule has 2 fully saturated rings. The Morgan fingerprint density at radius 3 is 2.60 bits per heavy atom. The van der Waals surface area contributed by atoms with Gasteiger partial charge in [0.1, 0.15) is 6.10 Å². The molecule has 0 radical (unpaired) electrons. The first-order valence-electron chi connectivity index (χ1n) is 7.95. The molecule has 1 atom stereocenters. The monoisotopic (exact) mass is 279 g/mol. The van der Waals surface area contributed by atoms with Gasteiger partial charge in [-0.15, -0.1) is 0 Å². The molecule has 3 rings (SSSR count). The molecule has 2 aliphatic rings. The number of rotatable bonds is 4. The Kier molecular flexibility index (Phi) is 4.68. The van der Waals surface area contributed by atoms with E-state index in [2.05, 4.69) is 15.5 Å². The number of hydrogen-bond donors (Lipinski definition) is 1. The minimum absolute atomic E-state index is 0.00881. The van der Waals surface area contributed by atoms with Crippen molar-refractivity contribution >= 4 is 0 Å². The van der Waals surface area contributed by atoms with Gasteiger partial charge in [0.05, 0.1) is 0 Å². The molecule has 1 aromatic heterocycles. The Morgan fingerprint density at radius 1 is 1.15 bits per heavy atom. The Hall–Kier alpha value is -0.940. The van der Waals surface area contributed by atoms with Crippen LogP contribution >= 0.6 is 0 Å². The number of nitrogens with one attached hydrogen (secondary N) is 1. The maximum atomic E-state index is 5.68. The molecule has 0 spiro atoms. The normalized spacial score (nSPS) is 23.9. The minimum Gasteiger partial charge on any atom is -0.373 e. The summed E-state index contributed by atoms with van der Waals surface area (Å²) in [5.41, 5.74) is 0. The summed E-state index contributed by atoms with van der Waals surface area (Å²) < 4.78 is 11.2. The van der Waals surface area contributed by atoms with E-state index in [9.17, 15) is 0 Å². The average molecular weight is 279 g/mol. The highest BCUT2D eigenvalue weighted by molar-refractivity contribution is 5.00. The quantitative estimate of drug-likeness (QED) is 0.918. The van der Waals surface area contributed by atoms with Gasteiger partial charge in [-0.3, -0.25) is 0 Å². The molecule has 1 saturated carbocycles. The summed E-state index contributed by atoms with van der Waals surface area (Å²) in [6.45, 7) is 2.08. The SMILES string of the molecule is COC(c1noc(C2CCNCC2)n1)C1CCCCC1. The van der Waals surface area contributed by atoms with Gasteiger partial charge in [-0.05, 0) is 44.7 Å². The minimum atomic E-state index is 0.00881. The van der Waals surface area contributed by atoms with Crippen molar-refractivity contribution in [2.75, 3.05) is 20.2 Å². The Morgan fingerprint density at radius 2 is 1.90 bits per heavy atom. The van der Waals surface area contributed by atoms with Crippen LogP contribution in [0.4, 0.5) is 0 Å². The maximum absolute atomic E-state index is 5.68. The van der Waals surface area contributed by atoms with Crippen LogP contribution < -0.4 is 5.32 Å². The molecule has 1 saturated heterocycles. The molecule has 112 valence electrons. The summed E-state index contributed by atoms with van der Waals surface area (Å²) >= 11 is 0. The summed E-state index contributed by atoms with van der Waals surface area (Å²) in [5.74, 6) is 2.53. The topological polar surface area (TPSA) is 60.2 Å². The van der Waals surface area contributed by atoms with Crippen LogP contribution in [-0.4, -0.2) is 30.3 Å². The van der Waals surface area contributed by atoms with Gasteiger partial charge in [-0.25, -0.2) is 0 Å². The van der Waals surface area contributed by atoms with Crippen molar-refractivity contribution in [2.45, 2.75) is 57.0 Å². The van der Waals surface area contributed by atoms with Crippen molar-refractivity contribution in [2.24, 2.45) is 5.92 Å². The smallest absolute Gasteiger partial charge is 0.229 e. The van der Waals surface area contributed by atoms with Gasteiger partial charge in [0.25, 0.3) is 0 Å². The van der Waals surface area contributed by atoms with E-state index in [0.717, 1.165) is 37.6 Å². The van der Waals surface area contributed by atoms with Crippen molar-refractivity contribution in [1.29, 1.82) is 0 Å². The van der Waals surface area contributed by atoms with E-state index in [1.807, 2.05) is 0 Å². The predicted molar refractivity (Wildman–Crippen MR) is 75.5 cm³/mol. The van der Waals surface area contributed by atoms with Gasteiger partial charge >= 0.3 is 0 Å². The third-order valence-corrected chi connectivity index (χ3v) is 4.73. The molecule has 5 nitrogen and oxygen atoms in total. The van der Waals surface area contributed by atoms with Crippen molar-refractivity contribution in [1.82, 2.24) is 15.5 Å². The van der Waals surface area contributed by atoms with Gasteiger partial charge in [0.2, 0.25) is 11.7 Å². The lowest BCUT2D eigenvalue weighted by Gasteiger charge is -2.27. The summed E-state index contributed by atoms with van der Waals surface area (Å²) in [4.78, 5) is 4.65. The van der Waals surface area contributed by atoms with Crippen LogP contribution in [0.5, 0.6) is 0 Å². The van der Waals surface area contributed by atoms with E-state index in [0.29, 0.717) is 11.8 Å². The predicted octanol–water partition coefficient (Wildman–Crippen LogP) is 2.80. The Balaban J connectivity index is 1.70. The first-order chi connectivity index (χ1) is 9.88. The molecule has 1 unspecified atom stereocenters. The van der Waals surface area contributed by atoms with E-state index in [-0.39, 0.29) is 6.10 Å². The molecule has 0 aromatic carbocycles. The standard InChI is InChI=1S/C15H25N3O2/c1-19-13(11-5-3-2-4-6-11)14-17-15(20-18-14)12-7-9-16-10-8-12/h11-13,16H,2-10H2,1H3. The van der Waals surface area contributed by atoms with E-state index in [1.165, 1.54) is 32.1 Å². The highest BCUT2D eigenvalue weighted by Crippen LogP contribution is 2.36. The highest BCUT2D eigenvalue weighted by Gasteiger charge is 2.30. The summed E-state index contributed by atoms with van der Waals surface area (Å²) in [6, 6.07) is 0. The first kappa shape index (κ1) is 14.0. The lowest BCUT2D eigenvalue weighted by atomic mass is 9.85. The maximum Gasteiger partial charge on any atom is 0.229 e. The summed E-state index contributed by atoms with van der Waals surface area (Å²) in [6.07, 6.45) is 8.55. The third-order valence-electron chi connectivity index (χ3n) is 4.73. The van der Waals surface area contributed by atoms with Crippen LogP contribution in [0.15, 0.2) is 4.52 Å². The summed E-state index contributed by atoms with van der Waals surface area (Å²) in [7, 11) is 1.76. The average Bonchev–Trinajstić information content (AvgIpc) is 3.00. The van der Waals surface area contributed by atoms with Crippen molar-refractivity contribution in [3.63, 3.8) is 0 Å². The van der Waals surface area contributed by atoms with E-state index in [4.69, 9.17) is 9.26 Å². The zero-order valence-electron chi connectivity index (χ0n) is 12.3. The van der Waals surface area contributed by atoms with Crippen LogP contribution in [-0.2, 0) is 4.74 Å². The van der Waals surface area contributed by atoms with Crippen LogP contribution in [0, 0.1) is 5.92 Å². The number of nitrogens with zero attached hydrogens (tertiary/aromatic N) is 2. The van der Waals surface area contributed by atoms with Gasteiger partial charge < -0.3 is 14.6 Å². The van der Waals surface area contributed by atoms with Gasteiger partial charge in [-0.1, -0.05) is 24.4 Å². The molecule has 1 N–H and O–H groups in total. The number of ether oxygens (including phenoxy) is 1. The third kappa shape index (κ3) is 3.04. The molecule has 1 aromatic rings. The molecule has 20 heavy (non-hydrogen) atoms. The fourth-order valence-electron chi connectivity index (χ4n) is 3.54. The molecule has 0 bridgehead atoms. The van der Waals surface area contributed by atoms with Crippen LogP contribution in [0.25, 0.3) is 0 Å². The largest absolute Gasteiger partial charge is 0.373 e. The van der Waals surface area contributed by atoms with Gasteiger partial charge in [-0.2, -0.15) is 4.98 Å². The second-order valence-corrected chi connectivity index (χ2v) is 6.07. The van der Waals surface area contributed by atoms with Crippen LogP contribution in [0.3, 0.4) is 0 Å². The zero-order valence-corrected chi connectivity index (χ0v) is 12.3.